The van der Waals surface area contributed by atoms with Gasteiger partial charge in [0.2, 0.25) is 6.41 Å². The predicted molar refractivity (Wildman–Crippen MR) is 60.2 cm³/mol. The summed E-state index contributed by atoms with van der Waals surface area (Å²) in [4.78, 5) is 12.2. The second kappa shape index (κ2) is 9.90. The molecular weight excluding hydrogens is 182 g/mol. The number of carbonyl (C=O) groups excluding carboxylic acids is 1. The monoisotopic (exact) mass is 203 g/mol. The molecule has 0 saturated carbocycles. The molecule has 3 heteroatoms. The minimum atomic E-state index is 0.939. The summed E-state index contributed by atoms with van der Waals surface area (Å²) in [6, 6.07) is 0. The van der Waals surface area contributed by atoms with Gasteiger partial charge in [-0.15, -0.1) is 0 Å². The summed E-state index contributed by atoms with van der Waals surface area (Å²) in [5.74, 6) is 2.38. The molecule has 78 valence electrons. The van der Waals surface area contributed by atoms with Crippen molar-refractivity contribution in [1.29, 1.82) is 0 Å². The molecule has 0 N–H and O–H groups in total. The fourth-order valence-corrected chi connectivity index (χ4v) is 2.00. The minimum absolute atomic E-state index is 0.939. The Morgan fingerprint density at radius 1 is 1.23 bits per heavy atom. The maximum Gasteiger partial charge on any atom is 0.209 e. The van der Waals surface area contributed by atoms with E-state index in [1.165, 1.54) is 25.0 Å². The van der Waals surface area contributed by atoms with E-state index >= 15 is 0 Å². The highest BCUT2D eigenvalue weighted by atomic mass is 32.2. The van der Waals surface area contributed by atoms with Crippen molar-refractivity contribution in [2.24, 2.45) is 0 Å². The maximum absolute atomic E-state index is 10.3. The van der Waals surface area contributed by atoms with Crippen molar-refractivity contribution in [3.05, 3.63) is 0 Å². The van der Waals surface area contributed by atoms with Crippen molar-refractivity contribution >= 4 is 18.2 Å². The smallest absolute Gasteiger partial charge is 0.209 e. The largest absolute Gasteiger partial charge is 0.344 e. The van der Waals surface area contributed by atoms with Crippen molar-refractivity contribution in [3.8, 4) is 0 Å². The molecule has 1 heterocycles. The average Bonchev–Trinajstić information content (AvgIpc) is 2.05. The number of carbonyl (C=O) groups is 1. The molecule has 1 aliphatic heterocycles. The van der Waals surface area contributed by atoms with E-state index in [4.69, 9.17) is 0 Å². The molecule has 0 bridgehead atoms. The Labute approximate surface area is 86.1 Å². The van der Waals surface area contributed by atoms with Crippen molar-refractivity contribution in [3.63, 3.8) is 0 Å². The summed E-state index contributed by atoms with van der Waals surface area (Å²) in [5.41, 5.74) is 0. The first-order chi connectivity index (χ1) is 6.35. The van der Waals surface area contributed by atoms with Gasteiger partial charge in [0.05, 0.1) is 0 Å². The zero-order valence-electron chi connectivity index (χ0n) is 8.79. The zero-order valence-corrected chi connectivity index (χ0v) is 9.61. The van der Waals surface area contributed by atoms with Crippen LogP contribution >= 0.6 is 11.8 Å². The van der Waals surface area contributed by atoms with Crippen molar-refractivity contribution in [2.75, 3.05) is 24.6 Å². The van der Waals surface area contributed by atoms with Crippen LogP contribution in [0.5, 0.6) is 0 Å². The molecular formula is C10H21NOS. The van der Waals surface area contributed by atoms with Crippen molar-refractivity contribution < 1.29 is 4.79 Å². The third kappa shape index (κ3) is 8.16. The lowest BCUT2D eigenvalue weighted by molar-refractivity contribution is -0.118. The van der Waals surface area contributed by atoms with Crippen LogP contribution in [0.3, 0.4) is 0 Å². The van der Waals surface area contributed by atoms with E-state index in [-0.39, 0.29) is 0 Å². The van der Waals surface area contributed by atoms with Crippen LogP contribution in [0.15, 0.2) is 0 Å². The Morgan fingerprint density at radius 2 is 1.92 bits per heavy atom. The van der Waals surface area contributed by atoms with Gasteiger partial charge in [-0.1, -0.05) is 20.3 Å². The van der Waals surface area contributed by atoms with Gasteiger partial charge in [-0.3, -0.25) is 4.79 Å². The second-order valence-electron chi connectivity index (χ2n) is 3.17. The molecule has 0 aliphatic carbocycles. The summed E-state index contributed by atoms with van der Waals surface area (Å²) >= 11 is 1.95. The van der Waals surface area contributed by atoms with E-state index in [0.717, 1.165) is 25.3 Å². The quantitative estimate of drug-likeness (QED) is 0.610. The molecule has 2 nitrogen and oxygen atoms in total. The normalized spacial score (nSPS) is 17.8. The summed E-state index contributed by atoms with van der Waals surface area (Å²) in [6.45, 7) is 6.15. The maximum atomic E-state index is 10.3. The lowest BCUT2D eigenvalue weighted by Gasteiger charge is -2.19. The van der Waals surface area contributed by atoms with Crippen LogP contribution in [0.25, 0.3) is 0 Å². The van der Waals surface area contributed by atoms with Gasteiger partial charge in [0.1, 0.15) is 0 Å². The fraction of sp³-hybridized carbons (Fsp3) is 0.900. The number of hydrogen-bond donors (Lipinski definition) is 0. The van der Waals surface area contributed by atoms with E-state index in [0.29, 0.717) is 0 Å². The zero-order chi connectivity index (χ0) is 9.94. The lowest BCUT2D eigenvalue weighted by atomic mass is 10.3. The number of hydrogen-bond acceptors (Lipinski definition) is 2. The third-order valence-corrected chi connectivity index (χ3v) is 2.70. The Bertz CT molecular complexity index is 111. The van der Waals surface area contributed by atoms with E-state index < -0.39 is 0 Å². The molecule has 0 atom stereocenters. The number of rotatable bonds is 1. The van der Waals surface area contributed by atoms with Crippen molar-refractivity contribution in [1.82, 2.24) is 4.90 Å². The van der Waals surface area contributed by atoms with Gasteiger partial charge in [0, 0.05) is 18.8 Å². The Kier molecular flexibility index (Phi) is 9.77. The number of thioether (sulfide) groups is 1. The molecule has 0 aromatic rings. The standard InChI is InChI=1S/C7H13NOS.C3H8/c9-7-8-3-1-2-5-10-6-4-8;1-3-2/h7H,1-6H2;3H2,1-2H3. The summed E-state index contributed by atoms with van der Waals surface area (Å²) in [7, 11) is 0. The molecule has 1 amide bonds. The highest BCUT2D eigenvalue weighted by Gasteiger charge is 2.03. The molecule has 0 aromatic heterocycles. The number of amides is 1. The van der Waals surface area contributed by atoms with Crippen LogP contribution in [0, 0.1) is 0 Å². The van der Waals surface area contributed by atoms with Crippen LogP contribution in [0.1, 0.15) is 33.1 Å². The molecule has 0 spiro atoms. The van der Waals surface area contributed by atoms with E-state index in [2.05, 4.69) is 13.8 Å². The van der Waals surface area contributed by atoms with Crippen molar-refractivity contribution in [2.45, 2.75) is 33.1 Å². The van der Waals surface area contributed by atoms with E-state index in [9.17, 15) is 4.79 Å². The van der Waals surface area contributed by atoms with Crippen LogP contribution in [-0.4, -0.2) is 35.9 Å². The topological polar surface area (TPSA) is 20.3 Å². The van der Waals surface area contributed by atoms with Gasteiger partial charge >= 0.3 is 0 Å². The highest BCUT2D eigenvalue weighted by Crippen LogP contribution is 2.08. The molecule has 0 unspecified atom stereocenters. The Hall–Kier alpha value is -0.180. The lowest BCUT2D eigenvalue weighted by Crippen LogP contribution is -2.27. The summed E-state index contributed by atoms with van der Waals surface area (Å²) in [5, 5.41) is 0. The van der Waals surface area contributed by atoms with Gasteiger partial charge in [-0.05, 0) is 18.6 Å². The second-order valence-corrected chi connectivity index (χ2v) is 4.39. The molecule has 0 aromatic carbocycles. The minimum Gasteiger partial charge on any atom is -0.344 e. The SMILES string of the molecule is CCC.O=CN1CCCCSCC1. The Balaban J connectivity index is 0.000000424. The van der Waals surface area contributed by atoms with E-state index in [1.54, 1.807) is 0 Å². The first-order valence-corrected chi connectivity index (χ1v) is 6.27. The number of nitrogens with zero attached hydrogens (tertiary/aromatic N) is 1. The van der Waals surface area contributed by atoms with Crippen LogP contribution in [0.2, 0.25) is 0 Å². The summed E-state index contributed by atoms with van der Waals surface area (Å²) in [6.07, 6.45) is 4.65. The van der Waals surface area contributed by atoms with Crippen LogP contribution < -0.4 is 0 Å². The fourth-order valence-electron chi connectivity index (χ4n) is 1.02. The highest BCUT2D eigenvalue weighted by molar-refractivity contribution is 7.99. The molecule has 1 rings (SSSR count). The van der Waals surface area contributed by atoms with Gasteiger partial charge in [-0.25, -0.2) is 0 Å². The summed E-state index contributed by atoms with van der Waals surface area (Å²) < 4.78 is 0. The first-order valence-electron chi connectivity index (χ1n) is 5.12. The molecule has 0 radical (unpaired) electrons. The van der Waals surface area contributed by atoms with Gasteiger partial charge in [0.25, 0.3) is 0 Å². The van der Waals surface area contributed by atoms with Crippen LogP contribution in [0.4, 0.5) is 0 Å². The molecule has 1 fully saturated rings. The Morgan fingerprint density at radius 3 is 2.54 bits per heavy atom. The van der Waals surface area contributed by atoms with Gasteiger partial charge in [0.15, 0.2) is 0 Å². The predicted octanol–water partition coefficient (Wildman–Crippen LogP) is 2.39. The van der Waals surface area contributed by atoms with Gasteiger partial charge in [-0.2, -0.15) is 11.8 Å². The van der Waals surface area contributed by atoms with E-state index in [1.807, 2.05) is 16.7 Å². The average molecular weight is 203 g/mol. The van der Waals surface area contributed by atoms with Crippen LogP contribution in [-0.2, 0) is 4.79 Å². The molecule has 13 heavy (non-hydrogen) atoms. The van der Waals surface area contributed by atoms with Gasteiger partial charge < -0.3 is 4.90 Å². The third-order valence-electron chi connectivity index (χ3n) is 1.66. The first kappa shape index (κ1) is 12.8. The molecule has 1 saturated heterocycles. The molecule has 1 aliphatic rings.